The van der Waals surface area contributed by atoms with Crippen molar-refractivity contribution < 1.29 is 9.53 Å². The molecule has 146 valence electrons. The maximum atomic E-state index is 12.1. The van der Waals surface area contributed by atoms with E-state index in [4.69, 9.17) is 4.74 Å². The number of nitrogens with one attached hydrogen (secondary N) is 1. The van der Waals surface area contributed by atoms with Crippen molar-refractivity contribution in [2.45, 2.75) is 24.9 Å². The highest BCUT2D eigenvalue weighted by molar-refractivity contribution is 7.99. The molecule has 0 saturated heterocycles. The fraction of sp³-hybridized carbons (Fsp3) is 0.300. The van der Waals surface area contributed by atoms with Gasteiger partial charge in [0.15, 0.2) is 11.0 Å². The van der Waals surface area contributed by atoms with Crippen molar-refractivity contribution in [2.75, 3.05) is 19.4 Å². The van der Waals surface area contributed by atoms with Crippen LogP contribution >= 0.6 is 11.8 Å². The van der Waals surface area contributed by atoms with Crippen molar-refractivity contribution in [1.29, 1.82) is 0 Å². The molecule has 1 aromatic carbocycles. The molecule has 0 bridgehead atoms. The van der Waals surface area contributed by atoms with Gasteiger partial charge in [-0.2, -0.15) is 0 Å². The Labute approximate surface area is 168 Å². The lowest BCUT2D eigenvalue weighted by Crippen LogP contribution is -2.26. The molecule has 28 heavy (non-hydrogen) atoms. The summed E-state index contributed by atoms with van der Waals surface area (Å²) in [5.41, 5.74) is 1.64. The Balaban J connectivity index is 1.93. The normalized spacial score (nSPS) is 10.6. The van der Waals surface area contributed by atoms with E-state index in [1.807, 2.05) is 41.0 Å². The van der Waals surface area contributed by atoms with Crippen molar-refractivity contribution in [1.82, 2.24) is 25.1 Å². The number of para-hydroxylation sites is 2. The first-order valence-electron chi connectivity index (χ1n) is 9.13. The minimum Gasteiger partial charge on any atom is -0.495 e. The van der Waals surface area contributed by atoms with Gasteiger partial charge < -0.3 is 10.1 Å². The molecule has 0 aliphatic carbocycles. The molecule has 3 aromatic rings. The first kappa shape index (κ1) is 19.9. The van der Waals surface area contributed by atoms with Gasteiger partial charge in [0.05, 0.1) is 18.6 Å². The van der Waals surface area contributed by atoms with Crippen LogP contribution in [0, 0.1) is 0 Å². The van der Waals surface area contributed by atoms with Crippen LogP contribution in [0.5, 0.6) is 5.75 Å². The molecule has 0 fully saturated rings. The molecule has 0 radical (unpaired) electrons. The Morgan fingerprint density at radius 3 is 2.82 bits per heavy atom. The highest BCUT2D eigenvalue weighted by Crippen LogP contribution is 2.32. The number of aromatic nitrogens is 4. The summed E-state index contributed by atoms with van der Waals surface area (Å²) >= 11 is 1.34. The number of rotatable bonds is 9. The molecular weight excluding hydrogens is 374 g/mol. The number of carbonyl (C=O) groups excluding carboxylic acids is 1. The van der Waals surface area contributed by atoms with Gasteiger partial charge in [0.25, 0.3) is 0 Å². The summed E-state index contributed by atoms with van der Waals surface area (Å²) in [5, 5.41) is 12.2. The number of benzene rings is 1. The predicted molar refractivity (Wildman–Crippen MR) is 110 cm³/mol. The molecule has 0 aliphatic heterocycles. The van der Waals surface area contributed by atoms with Crippen LogP contribution in [0.3, 0.4) is 0 Å². The maximum Gasteiger partial charge on any atom is 0.230 e. The smallest absolute Gasteiger partial charge is 0.230 e. The van der Waals surface area contributed by atoms with E-state index < -0.39 is 0 Å². The summed E-state index contributed by atoms with van der Waals surface area (Å²) in [6.45, 7) is 2.78. The molecule has 0 aliphatic rings. The van der Waals surface area contributed by atoms with Crippen LogP contribution < -0.4 is 10.1 Å². The zero-order valence-corrected chi connectivity index (χ0v) is 16.8. The molecule has 1 amide bonds. The molecule has 7 nitrogen and oxygen atoms in total. The van der Waals surface area contributed by atoms with Crippen LogP contribution in [0.25, 0.3) is 17.1 Å². The fourth-order valence-corrected chi connectivity index (χ4v) is 3.44. The highest BCUT2D eigenvalue weighted by Gasteiger charge is 2.19. The fourth-order valence-electron chi connectivity index (χ4n) is 2.66. The second-order valence-electron chi connectivity index (χ2n) is 6.05. The highest BCUT2D eigenvalue weighted by atomic mass is 32.2. The zero-order valence-electron chi connectivity index (χ0n) is 16.0. The van der Waals surface area contributed by atoms with E-state index in [9.17, 15) is 4.79 Å². The SMILES string of the molecule is CCCCNC(=O)CSc1nnc(-c2cccnc2)n1-c1ccccc1OC. The molecule has 8 heteroatoms. The lowest BCUT2D eigenvalue weighted by molar-refractivity contribution is -0.118. The third kappa shape index (κ3) is 4.69. The number of carbonyl (C=O) groups is 1. The van der Waals surface area contributed by atoms with Gasteiger partial charge in [0, 0.05) is 24.5 Å². The minimum atomic E-state index is -0.0176. The van der Waals surface area contributed by atoms with Gasteiger partial charge in [-0.25, -0.2) is 0 Å². The van der Waals surface area contributed by atoms with Crippen LogP contribution in [-0.2, 0) is 4.79 Å². The van der Waals surface area contributed by atoms with Gasteiger partial charge in [-0.3, -0.25) is 14.3 Å². The van der Waals surface area contributed by atoms with Crippen LogP contribution in [0.15, 0.2) is 53.9 Å². The summed E-state index contributed by atoms with van der Waals surface area (Å²) in [5.74, 6) is 1.59. The van der Waals surface area contributed by atoms with Crippen molar-refractivity contribution >= 4 is 17.7 Å². The Bertz CT molecular complexity index is 914. The summed E-state index contributed by atoms with van der Waals surface area (Å²) < 4.78 is 7.43. The van der Waals surface area contributed by atoms with E-state index in [1.165, 1.54) is 11.8 Å². The van der Waals surface area contributed by atoms with E-state index >= 15 is 0 Å². The monoisotopic (exact) mass is 397 g/mol. The quantitative estimate of drug-likeness (QED) is 0.440. The number of unbranched alkanes of at least 4 members (excludes halogenated alkanes) is 1. The average molecular weight is 398 g/mol. The van der Waals surface area contributed by atoms with E-state index in [0.717, 1.165) is 24.1 Å². The van der Waals surface area contributed by atoms with Crippen LogP contribution in [0.2, 0.25) is 0 Å². The van der Waals surface area contributed by atoms with Gasteiger partial charge >= 0.3 is 0 Å². The summed E-state index contributed by atoms with van der Waals surface area (Å²) in [6, 6.07) is 11.4. The molecule has 3 rings (SSSR count). The molecule has 2 heterocycles. The summed E-state index contributed by atoms with van der Waals surface area (Å²) in [7, 11) is 1.63. The Morgan fingerprint density at radius 2 is 2.07 bits per heavy atom. The maximum absolute atomic E-state index is 12.1. The number of nitrogens with zero attached hydrogens (tertiary/aromatic N) is 4. The molecule has 1 N–H and O–H groups in total. The first-order valence-corrected chi connectivity index (χ1v) is 10.1. The number of methoxy groups -OCH3 is 1. The standard InChI is InChI=1S/C20H23N5O2S/c1-3-4-12-22-18(26)14-28-20-24-23-19(15-8-7-11-21-13-15)25(20)16-9-5-6-10-17(16)27-2/h5-11,13H,3-4,12,14H2,1-2H3,(H,22,26). The van der Waals surface area contributed by atoms with Gasteiger partial charge in [0.1, 0.15) is 5.75 Å². The Kier molecular flexibility index (Phi) is 7.02. The van der Waals surface area contributed by atoms with E-state index in [2.05, 4.69) is 27.4 Å². The average Bonchev–Trinajstić information content (AvgIpc) is 3.16. The minimum absolute atomic E-state index is 0.0176. The second-order valence-corrected chi connectivity index (χ2v) is 6.99. The Morgan fingerprint density at radius 1 is 1.21 bits per heavy atom. The number of hydrogen-bond donors (Lipinski definition) is 1. The number of amides is 1. The van der Waals surface area contributed by atoms with Crippen molar-refractivity contribution in [3.63, 3.8) is 0 Å². The van der Waals surface area contributed by atoms with Crippen molar-refractivity contribution in [3.05, 3.63) is 48.8 Å². The van der Waals surface area contributed by atoms with Crippen LogP contribution in [0.1, 0.15) is 19.8 Å². The predicted octanol–water partition coefficient (Wildman–Crippen LogP) is 3.35. The molecule has 0 spiro atoms. The topological polar surface area (TPSA) is 81.9 Å². The third-order valence-corrected chi connectivity index (χ3v) is 4.99. The molecule has 0 atom stereocenters. The van der Waals surface area contributed by atoms with Gasteiger partial charge in [-0.15, -0.1) is 10.2 Å². The summed E-state index contributed by atoms with van der Waals surface area (Å²) in [4.78, 5) is 16.3. The van der Waals surface area contributed by atoms with E-state index in [-0.39, 0.29) is 11.7 Å². The molecule has 2 aromatic heterocycles. The van der Waals surface area contributed by atoms with Crippen molar-refractivity contribution in [2.24, 2.45) is 0 Å². The van der Waals surface area contributed by atoms with Crippen molar-refractivity contribution in [3.8, 4) is 22.8 Å². The number of pyridine rings is 1. The van der Waals surface area contributed by atoms with Gasteiger partial charge in [-0.05, 0) is 30.7 Å². The van der Waals surface area contributed by atoms with Gasteiger partial charge in [-0.1, -0.05) is 37.2 Å². The van der Waals surface area contributed by atoms with Crippen LogP contribution in [-0.4, -0.2) is 45.1 Å². The first-order chi connectivity index (χ1) is 13.7. The second kappa shape index (κ2) is 9.89. The lowest BCUT2D eigenvalue weighted by Gasteiger charge is -2.13. The zero-order chi connectivity index (χ0) is 19.8. The molecule has 0 unspecified atom stereocenters. The Hall–Kier alpha value is -2.87. The third-order valence-electron chi connectivity index (χ3n) is 4.06. The summed E-state index contributed by atoms with van der Waals surface area (Å²) in [6.07, 6.45) is 5.47. The van der Waals surface area contributed by atoms with E-state index in [0.29, 0.717) is 23.3 Å². The molecular formula is C20H23N5O2S. The number of hydrogen-bond acceptors (Lipinski definition) is 6. The molecule has 0 saturated carbocycles. The largest absolute Gasteiger partial charge is 0.495 e. The number of thioether (sulfide) groups is 1. The lowest BCUT2D eigenvalue weighted by atomic mass is 10.2. The van der Waals surface area contributed by atoms with Crippen LogP contribution in [0.4, 0.5) is 0 Å². The van der Waals surface area contributed by atoms with Gasteiger partial charge in [0.2, 0.25) is 5.91 Å². The van der Waals surface area contributed by atoms with E-state index in [1.54, 1.807) is 19.5 Å². The number of ether oxygens (including phenoxy) is 1.